The molecule has 1 aliphatic heterocycles. The number of amides is 2. The number of alkyl carbamates (subject to hydrolysis) is 1. The van der Waals surface area contributed by atoms with Gasteiger partial charge < -0.3 is 24.6 Å². The van der Waals surface area contributed by atoms with Gasteiger partial charge in [0.15, 0.2) is 0 Å². The standard InChI is InChI=1S/C18H33N3O4/c1-13-7-8-16(20(13)6)9-10-21(14(2)23)11-15(12-22)19-17(24)25-18(3,4)5/h12-13,15-16H,7-11H2,1-6H3,(H,19,24). The van der Waals surface area contributed by atoms with E-state index in [2.05, 4.69) is 24.2 Å². The molecule has 2 amide bonds. The molecule has 1 rings (SSSR count). The predicted molar refractivity (Wildman–Crippen MR) is 96.3 cm³/mol. The maximum absolute atomic E-state index is 11.9. The first-order valence-electron chi connectivity index (χ1n) is 8.95. The molecule has 0 spiro atoms. The van der Waals surface area contributed by atoms with Crippen LogP contribution in [0.1, 0.15) is 53.9 Å². The maximum Gasteiger partial charge on any atom is 0.408 e. The Morgan fingerprint density at radius 3 is 2.44 bits per heavy atom. The zero-order chi connectivity index (χ0) is 19.2. The van der Waals surface area contributed by atoms with E-state index in [1.807, 2.05) is 0 Å². The second kappa shape index (κ2) is 9.17. The lowest BCUT2D eigenvalue weighted by Gasteiger charge is -2.29. The molecule has 0 aromatic rings. The van der Waals surface area contributed by atoms with Gasteiger partial charge in [0.2, 0.25) is 5.91 Å². The van der Waals surface area contributed by atoms with Gasteiger partial charge in [0.1, 0.15) is 17.9 Å². The highest BCUT2D eigenvalue weighted by atomic mass is 16.6. The fourth-order valence-corrected chi connectivity index (χ4v) is 3.05. The molecule has 1 fully saturated rings. The molecule has 0 radical (unpaired) electrons. The van der Waals surface area contributed by atoms with Gasteiger partial charge in [-0.05, 0) is 54.0 Å². The molecule has 7 heteroatoms. The average Bonchev–Trinajstić information content (AvgIpc) is 2.79. The van der Waals surface area contributed by atoms with E-state index in [0.29, 0.717) is 24.9 Å². The molecule has 1 N–H and O–H groups in total. The Labute approximate surface area is 151 Å². The van der Waals surface area contributed by atoms with Crippen LogP contribution in [-0.2, 0) is 14.3 Å². The zero-order valence-corrected chi connectivity index (χ0v) is 16.4. The lowest BCUT2D eigenvalue weighted by molar-refractivity contribution is -0.129. The van der Waals surface area contributed by atoms with Crippen LogP contribution in [0.4, 0.5) is 4.79 Å². The van der Waals surface area contributed by atoms with E-state index in [4.69, 9.17) is 4.74 Å². The first-order chi connectivity index (χ1) is 11.5. The minimum Gasteiger partial charge on any atom is -0.444 e. The van der Waals surface area contributed by atoms with Gasteiger partial charge in [0, 0.05) is 32.1 Å². The van der Waals surface area contributed by atoms with Crippen molar-refractivity contribution >= 4 is 18.3 Å². The molecule has 1 aliphatic rings. The van der Waals surface area contributed by atoms with Gasteiger partial charge in [-0.3, -0.25) is 4.79 Å². The fourth-order valence-electron chi connectivity index (χ4n) is 3.05. The first-order valence-corrected chi connectivity index (χ1v) is 8.95. The first kappa shape index (κ1) is 21.4. The monoisotopic (exact) mass is 355 g/mol. The second-order valence-corrected chi connectivity index (χ2v) is 7.89. The number of carbonyl (C=O) groups is 3. The summed E-state index contributed by atoms with van der Waals surface area (Å²) in [6.07, 6.45) is 3.13. The highest BCUT2D eigenvalue weighted by molar-refractivity contribution is 5.76. The van der Waals surface area contributed by atoms with Crippen LogP contribution in [-0.4, -0.2) is 72.0 Å². The number of carbonyl (C=O) groups excluding carboxylic acids is 3. The number of nitrogens with one attached hydrogen (secondary N) is 1. The third-order valence-electron chi connectivity index (χ3n) is 4.65. The van der Waals surface area contributed by atoms with Crippen molar-refractivity contribution < 1.29 is 19.1 Å². The number of rotatable bonds is 7. The summed E-state index contributed by atoms with van der Waals surface area (Å²) >= 11 is 0. The Hall–Kier alpha value is -1.63. The summed E-state index contributed by atoms with van der Waals surface area (Å²) in [7, 11) is 2.11. The van der Waals surface area contributed by atoms with Crippen molar-refractivity contribution in [3.8, 4) is 0 Å². The van der Waals surface area contributed by atoms with Crippen molar-refractivity contribution in [3.05, 3.63) is 0 Å². The molecule has 25 heavy (non-hydrogen) atoms. The van der Waals surface area contributed by atoms with Gasteiger partial charge in [-0.15, -0.1) is 0 Å². The summed E-state index contributed by atoms with van der Waals surface area (Å²) in [5, 5.41) is 2.52. The summed E-state index contributed by atoms with van der Waals surface area (Å²) in [6.45, 7) is 9.67. The van der Waals surface area contributed by atoms with E-state index in [0.717, 1.165) is 12.8 Å². The molecule has 0 bridgehead atoms. The summed E-state index contributed by atoms with van der Waals surface area (Å²) in [5.74, 6) is -0.105. The van der Waals surface area contributed by atoms with Crippen molar-refractivity contribution in [1.29, 1.82) is 0 Å². The van der Waals surface area contributed by atoms with Crippen LogP contribution in [0.3, 0.4) is 0 Å². The van der Waals surface area contributed by atoms with Crippen LogP contribution in [0, 0.1) is 0 Å². The van der Waals surface area contributed by atoms with Gasteiger partial charge in [0.25, 0.3) is 0 Å². The number of nitrogens with zero attached hydrogens (tertiary/aromatic N) is 2. The van der Waals surface area contributed by atoms with Gasteiger partial charge in [-0.25, -0.2) is 4.79 Å². The molecule has 0 saturated carbocycles. The number of hydrogen-bond acceptors (Lipinski definition) is 5. The molecule has 1 saturated heterocycles. The Balaban J connectivity index is 2.55. The van der Waals surface area contributed by atoms with Crippen LogP contribution >= 0.6 is 0 Å². The molecular weight excluding hydrogens is 322 g/mol. The summed E-state index contributed by atoms with van der Waals surface area (Å²) in [4.78, 5) is 39.0. The summed E-state index contributed by atoms with van der Waals surface area (Å²) in [6, 6.07) is 0.233. The van der Waals surface area contributed by atoms with Gasteiger partial charge in [0.05, 0.1) is 0 Å². The largest absolute Gasteiger partial charge is 0.444 e. The molecule has 7 nitrogen and oxygen atoms in total. The summed E-state index contributed by atoms with van der Waals surface area (Å²) in [5.41, 5.74) is -0.637. The molecular formula is C18H33N3O4. The van der Waals surface area contributed by atoms with Crippen LogP contribution in [0.2, 0.25) is 0 Å². The number of ether oxygens (including phenoxy) is 1. The lowest BCUT2D eigenvalue weighted by Crippen LogP contribution is -2.48. The Morgan fingerprint density at radius 2 is 2.00 bits per heavy atom. The van der Waals surface area contributed by atoms with Gasteiger partial charge in [-0.2, -0.15) is 0 Å². The van der Waals surface area contributed by atoms with E-state index in [1.165, 1.54) is 13.3 Å². The Bertz CT molecular complexity index is 475. The number of likely N-dealkylation sites (tertiary alicyclic amines) is 1. The highest BCUT2D eigenvalue weighted by Crippen LogP contribution is 2.24. The fraction of sp³-hybridized carbons (Fsp3) is 0.833. The van der Waals surface area contributed by atoms with Crippen LogP contribution in [0.5, 0.6) is 0 Å². The van der Waals surface area contributed by atoms with Crippen molar-refractivity contribution in [3.63, 3.8) is 0 Å². The third kappa shape index (κ3) is 7.42. The van der Waals surface area contributed by atoms with E-state index in [-0.39, 0.29) is 12.5 Å². The summed E-state index contributed by atoms with van der Waals surface area (Å²) < 4.78 is 5.16. The van der Waals surface area contributed by atoms with E-state index in [9.17, 15) is 14.4 Å². The molecule has 0 aliphatic carbocycles. The normalized spacial score (nSPS) is 22.3. The minimum absolute atomic E-state index is 0.105. The highest BCUT2D eigenvalue weighted by Gasteiger charge is 2.28. The molecule has 0 aromatic heterocycles. The predicted octanol–water partition coefficient (Wildman–Crippen LogP) is 1.80. The average molecular weight is 355 g/mol. The third-order valence-corrected chi connectivity index (χ3v) is 4.65. The van der Waals surface area contributed by atoms with Crippen molar-refractivity contribution in [1.82, 2.24) is 15.1 Å². The Kier molecular flexibility index (Phi) is 7.86. The van der Waals surface area contributed by atoms with E-state index in [1.54, 1.807) is 25.7 Å². The van der Waals surface area contributed by atoms with Crippen molar-refractivity contribution in [2.75, 3.05) is 20.1 Å². The number of hydrogen-bond donors (Lipinski definition) is 1. The minimum atomic E-state index is -0.779. The molecule has 3 atom stereocenters. The molecule has 1 heterocycles. The lowest BCUT2D eigenvalue weighted by atomic mass is 10.1. The van der Waals surface area contributed by atoms with Gasteiger partial charge >= 0.3 is 6.09 Å². The van der Waals surface area contributed by atoms with Crippen LogP contribution in [0.15, 0.2) is 0 Å². The van der Waals surface area contributed by atoms with Crippen LogP contribution < -0.4 is 5.32 Å². The van der Waals surface area contributed by atoms with E-state index < -0.39 is 17.7 Å². The van der Waals surface area contributed by atoms with E-state index >= 15 is 0 Å². The van der Waals surface area contributed by atoms with Crippen LogP contribution in [0.25, 0.3) is 0 Å². The van der Waals surface area contributed by atoms with Crippen molar-refractivity contribution in [2.24, 2.45) is 0 Å². The molecule has 0 aromatic carbocycles. The topological polar surface area (TPSA) is 79.0 Å². The Morgan fingerprint density at radius 1 is 1.36 bits per heavy atom. The zero-order valence-electron chi connectivity index (χ0n) is 16.4. The quantitative estimate of drug-likeness (QED) is 0.705. The SMILES string of the molecule is CC(=O)N(CCC1CCC(C)N1C)CC(C=O)NC(=O)OC(C)(C)C. The van der Waals surface area contributed by atoms with Crippen molar-refractivity contribution in [2.45, 2.75) is 77.6 Å². The molecule has 144 valence electrons. The smallest absolute Gasteiger partial charge is 0.408 e. The maximum atomic E-state index is 11.9. The van der Waals surface area contributed by atoms with Gasteiger partial charge in [-0.1, -0.05) is 0 Å². The second-order valence-electron chi connectivity index (χ2n) is 7.89. The number of aldehydes is 1. The molecule has 3 unspecified atom stereocenters.